The number of benzene rings is 1. The summed E-state index contributed by atoms with van der Waals surface area (Å²) in [6.45, 7) is 12.6. The summed E-state index contributed by atoms with van der Waals surface area (Å²) < 4.78 is 10.2. The Bertz CT molecular complexity index is 863. The van der Waals surface area contributed by atoms with Gasteiger partial charge in [-0.15, -0.1) is 0 Å². The first kappa shape index (κ1) is 29.7. The highest BCUT2D eigenvalue weighted by Gasteiger charge is 2.36. The van der Waals surface area contributed by atoms with Gasteiger partial charge in [0.25, 0.3) is 0 Å². The first-order chi connectivity index (χ1) is 16.3. The zero-order chi connectivity index (χ0) is 26.8. The van der Waals surface area contributed by atoms with E-state index in [1.165, 1.54) is 17.0 Å². The molecule has 0 saturated heterocycles. The Morgan fingerprint density at radius 3 is 2.14 bits per heavy atom. The van der Waals surface area contributed by atoms with Gasteiger partial charge in [-0.05, 0) is 58.2 Å². The quantitative estimate of drug-likeness (QED) is 0.404. The Hall–Kier alpha value is -3.30. The van der Waals surface area contributed by atoms with Crippen LogP contribution in [0.5, 0.6) is 5.75 Å². The van der Waals surface area contributed by atoms with Crippen LogP contribution in [0.3, 0.4) is 0 Å². The van der Waals surface area contributed by atoms with Gasteiger partial charge in [-0.2, -0.15) is 0 Å². The van der Waals surface area contributed by atoms with Crippen LogP contribution in [-0.2, 0) is 23.9 Å². The van der Waals surface area contributed by atoms with Crippen molar-refractivity contribution in [1.29, 1.82) is 0 Å². The minimum Gasteiger partial charge on any atom is -0.508 e. The Balaban J connectivity index is 3.22. The van der Waals surface area contributed by atoms with Gasteiger partial charge < -0.3 is 30.1 Å². The molecule has 2 unspecified atom stereocenters. The molecule has 1 aromatic rings. The summed E-state index contributed by atoms with van der Waals surface area (Å²) in [5, 5.41) is 15.0. The van der Waals surface area contributed by atoms with Crippen molar-refractivity contribution >= 4 is 23.9 Å². The topological polar surface area (TPSA) is 134 Å². The van der Waals surface area contributed by atoms with E-state index in [-0.39, 0.29) is 37.8 Å². The van der Waals surface area contributed by atoms with Crippen LogP contribution in [0.15, 0.2) is 24.3 Å². The predicted molar refractivity (Wildman–Crippen MR) is 130 cm³/mol. The van der Waals surface area contributed by atoms with Crippen molar-refractivity contribution in [2.45, 2.75) is 72.6 Å². The van der Waals surface area contributed by atoms with Crippen molar-refractivity contribution < 1.29 is 33.8 Å². The molecule has 0 saturated carbocycles. The molecule has 0 aliphatic carbocycles. The zero-order valence-electron chi connectivity index (χ0n) is 21.7. The average molecular weight is 494 g/mol. The van der Waals surface area contributed by atoms with Gasteiger partial charge in [0.1, 0.15) is 23.4 Å². The maximum Gasteiger partial charge on any atom is 0.408 e. The van der Waals surface area contributed by atoms with Gasteiger partial charge in [-0.25, -0.2) is 4.79 Å². The molecule has 0 fully saturated rings. The van der Waals surface area contributed by atoms with E-state index >= 15 is 0 Å². The second-order valence-corrected chi connectivity index (χ2v) is 9.33. The van der Waals surface area contributed by atoms with Crippen LogP contribution in [0.25, 0.3) is 0 Å². The number of nitrogens with zero attached hydrogens (tertiary/aromatic N) is 1. The molecule has 0 aliphatic heterocycles. The number of aromatic hydroxyl groups is 1. The molecule has 2 atom stereocenters. The SMILES string of the molecule is CCOC(=O)CCNC(=O)C(c1ccc(O)cc1)N(CC)C(=O)C(NC(=O)OC(C)(C)C)C(C)C. The van der Waals surface area contributed by atoms with Crippen LogP contribution in [0.2, 0.25) is 0 Å². The van der Waals surface area contributed by atoms with E-state index in [0.717, 1.165) is 0 Å². The normalized spacial score (nSPS) is 12.9. The molecule has 3 N–H and O–H groups in total. The summed E-state index contributed by atoms with van der Waals surface area (Å²) in [4.78, 5) is 52.3. The van der Waals surface area contributed by atoms with Gasteiger partial charge >= 0.3 is 12.1 Å². The Labute approximate surface area is 207 Å². The number of likely N-dealkylation sites (N-methyl/N-ethyl adjacent to an activating group) is 1. The molecule has 10 heteroatoms. The van der Waals surface area contributed by atoms with Crippen LogP contribution in [0, 0.1) is 5.92 Å². The van der Waals surface area contributed by atoms with Gasteiger partial charge in [0, 0.05) is 13.1 Å². The third-order valence-electron chi connectivity index (χ3n) is 4.93. The molecule has 1 aromatic carbocycles. The summed E-state index contributed by atoms with van der Waals surface area (Å²) in [6.07, 6.45) is -0.753. The highest BCUT2D eigenvalue weighted by atomic mass is 16.6. The number of amides is 3. The van der Waals surface area contributed by atoms with Gasteiger partial charge in [-0.3, -0.25) is 14.4 Å². The van der Waals surface area contributed by atoms with Gasteiger partial charge in [0.2, 0.25) is 11.8 Å². The van der Waals surface area contributed by atoms with E-state index in [2.05, 4.69) is 10.6 Å². The van der Waals surface area contributed by atoms with E-state index in [1.54, 1.807) is 60.6 Å². The number of rotatable bonds is 11. The number of carbonyl (C=O) groups is 4. The van der Waals surface area contributed by atoms with Crippen LogP contribution in [0.1, 0.15) is 66.5 Å². The summed E-state index contributed by atoms with van der Waals surface area (Å²) >= 11 is 0. The third kappa shape index (κ3) is 9.84. The van der Waals surface area contributed by atoms with Crippen molar-refractivity contribution in [3.63, 3.8) is 0 Å². The monoisotopic (exact) mass is 493 g/mol. The average Bonchev–Trinajstić information content (AvgIpc) is 2.74. The fourth-order valence-electron chi connectivity index (χ4n) is 3.34. The highest BCUT2D eigenvalue weighted by molar-refractivity contribution is 5.92. The zero-order valence-corrected chi connectivity index (χ0v) is 21.7. The molecule has 10 nitrogen and oxygen atoms in total. The number of phenols is 1. The number of alkyl carbamates (subject to hydrolysis) is 1. The fourth-order valence-corrected chi connectivity index (χ4v) is 3.34. The van der Waals surface area contributed by atoms with Crippen molar-refractivity contribution in [3.05, 3.63) is 29.8 Å². The van der Waals surface area contributed by atoms with Crippen molar-refractivity contribution in [2.75, 3.05) is 19.7 Å². The van der Waals surface area contributed by atoms with E-state index in [9.17, 15) is 24.3 Å². The third-order valence-corrected chi connectivity index (χ3v) is 4.93. The van der Waals surface area contributed by atoms with Gasteiger partial charge in [0.05, 0.1) is 13.0 Å². The number of phenolic OH excluding ortho intramolecular Hbond substituents is 1. The van der Waals surface area contributed by atoms with Gasteiger partial charge in [0.15, 0.2) is 0 Å². The maximum atomic E-state index is 13.6. The van der Waals surface area contributed by atoms with Crippen molar-refractivity contribution in [1.82, 2.24) is 15.5 Å². The summed E-state index contributed by atoms with van der Waals surface area (Å²) in [5.74, 6) is -1.70. The molecule has 1 rings (SSSR count). The molecule has 35 heavy (non-hydrogen) atoms. The summed E-state index contributed by atoms with van der Waals surface area (Å²) in [5.41, 5.74) is -0.279. The van der Waals surface area contributed by atoms with Crippen LogP contribution >= 0.6 is 0 Å². The predicted octanol–water partition coefficient (Wildman–Crippen LogP) is 2.90. The molecular formula is C25H39N3O7. The molecule has 0 aliphatic rings. The van der Waals surface area contributed by atoms with E-state index in [0.29, 0.717) is 5.56 Å². The van der Waals surface area contributed by atoms with E-state index in [4.69, 9.17) is 9.47 Å². The molecule has 3 amide bonds. The van der Waals surface area contributed by atoms with E-state index < -0.39 is 41.6 Å². The Morgan fingerprint density at radius 1 is 1.06 bits per heavy atom. The molecule has 0 bridgehead atoms. The standard InChI is InChI=1S/C25H39N3O7/c1-8-28(23(32)20(16(3)4)27-24(33)35-25(5,6)7)21(17-10-12-18(29)13-11-17)22(31)26-15-14-19(30)34-9-2/h10-13,16,20-21,29H,8-9,14-15H2,1-7H3,(H,26,31)(H,27,33). The minimum atomic E-state index is -1.06. The number of nitrogens with one attached hydrogen (secondary N) is 2. The summed E-state index contributed by atoms with van der Waals surface area (Å²) in [7, 11) is 0. The summed E-state index contributed by atoms with van der Waals surface area (Å²) in [6, 6.07) is 3.93. The number of carbonyl (C=O) groups excluding carboxylic acids is 4. The molecule has 0 spiro atoms. The molecular weight excluding hydrogens is 454 g/mol. The fraction of sp³-hybridized carbons (Fsp3) is 0.600. The highest BCUT2D eigenvalue weighted by Crippen LogP contribution is 2.25. The Kier molecular flexibility index (Phi) is 11.5. The van der Waals surface area contributed by atoms with Crippen LogP contribution in [0.4, 0.5) is 4.79 Å². The number of esters is 1. The van der Waals surface area contributed by atoms with Crippen molar-refractivity contribution in [2.24, 2.45) is 5.92 Å². The first-order valence-electron chi connectivity index (χ1n) is 11.8. The molecule has 0 aromatic heterocycles. The number of hydrogen-bond donors (Lipinski definition) is 3. The first-order valence-corrected chi connectivity index (χ1v) is 11.8. The van der Waals surface area contributed by atoms with Gasteiger partial charge in [-0.1, -0.05) is 26.0 Å². The Morgan fingerprint density at radius 2 is 1.66 bits per heavy atom. The lowest BCUT2D eigenvalue weighted by Crippen LogP contribution is -2.54. The van der Waals surface area contributed by atoms with E-state index in [1.807, 2.05) is 0 Å². The molecule has 0 heterocycles. The van der Waals surface area contributed by atoms with Crippen LogP contribution in [-0.4, -0.2) is 65.2 Å². The lowest BCUT2D eigenvalue weighted by molar-refractivity contribution is -0.144. The lowest BCUT2D eigenvalue weighted by Gasteiger charge is -2.35. The largest absolute Gasteiger partial charge is 0.508 e. The lowest BCUT2D eigenvalue weighted by atomic mass is 9.99. The number of ether oxygens (including phenoxy) is 2. The van der Waals surface area contributed by atoms with Crippen LogP contribution < -0.4 is 10.6 Å². The maximum absolute atomic E-state index is 13.6. The second-order valence-electron chi connectivity index (χ2n) is 9.33. The van der Waals surface area contributed by atoms with Crippen molar-refractivity contribution in [3.8, 4) is 5.75 Å². The smallest absolute Gasteiger partial charge is 0.408 e. The molecule has 0 radical (unpaired) electrons. The second kappa shape index (κ2) is 13.6. The number of hydrogen-bond acceptors (Lipinski definition) is 7. The molecule has 196 valence electrons. The minimum absolute atomic E-state index is 0.0104.